The van der Waals surface area contributed by atoms with Crippen LogP contribution in [0, 0.1) is 12.7 Å². The first-order valence-corrected chi connectivity index (χ1v) is 6.36. The maximum atomic E-state index is 13.1. The van der Waals surface area contributed by atoms with Gasteiger partial charge in [0.1, 0.15) is 10.8 Å². The van der Waals surface area contributed by atoms with Crippen molar-refractivity contribution in [1.29, 1.82) is 0 Å². The molecule has 3 N–H and O–H groups in total. The molecule has 0 aliphatic carbocycles. The van der Waals surface area contributed by atoms with E-state index >= 15 is 0 Å². The molecule has 0 aliphatic heterocycles. The normalized spacial score (nSPS) is 10.2. The Labute approximate surface area is 117 Å². The van der Waals surface area contributed by atoms with Crippen LogP contribution in [-0.2, 0) is 6.54 Å². The summed E-state index contributed by atoms with van der Waals surface area (Å²) < 4.78 is 13.1. The molecule has 0 spiro atoms. The number of benzene rings is 2. The van der Waals surface area contributed by atoms with E-state index in [1.54, 1.807) is 6.07 Å². The first kappa shape index (κ1) is 13.5. The summed E-state index contributed by atoms with van der Waals surface area (Å²) in [6.45, 7) is 2.51. The van der Waals surface area contributed by atoms with Crippen LogP contribution < -0.4 is 11.1 Å². The molecule has 0 atom stereocenters. The lowest BCUT2D eigenvalue weighted by Crippen LogP contribution is -2.13. The highest BCUT2D eigenvalue weighted by Crippen LogP contribution is 2.18. The minimum Gasteiger partial charge on any atom is -0.389 e. The molecule has 19 heavy (non-hydrogen) atoms. The predicted octanol–water partition coefficient (Wildman–Crippen LogP) is 3.38. The van der Waals surface area contributed by atoms with Gasteiger partial charge in [-0.1, -0.05) is 36.0 Å². The zero-order chi connectivity index (χ0) is 13.8. The molecule has 2 aromatic rings. The number of aryl methyl sites for hydroxylation is 1. The first-order chi connectivity index (χ1) is 9.06. The topological polar surface area (TPSA) is 38.0 Å². The molecule has 98 valence electrons. The van der Waals surface area contributed by atoms with Crippen LogP contribution in [0.1, 0.15) is 16.7 Å². The van der Waals surface area contributed by atoms with Crippen molar-refractivity contribution in [2.45, 2.75) is 13.5 Å². The lowest BCUT2D eigenvalue weighted by atomic mass is 10.1. The van der Waals surface area contributed by atoms with Crippen molar-refractivity contribution in [3.63, 3.8) is 0 Å². The van der Waals surface area contributed by atoms with Gasteiger partial charge < -0.3 is 11.1 Å². The summed E-state index contributed by atoms with van der Waals surface area (Å²) >= 11 is 5.04. The molecule has 2 aromatic carbocycles. The number of thiocarbonyl (C=S) groups is 1. The zero-order valence-corrected chi connectivity index (χ0v) is 11.4. The standard InChI is InChI=1S/C15H15FN2S/c1-10-5-6-14(13(7-10)15(17)19)18-9-11-3-2-4-12(16)8-11/h2-8,18H,9H2,1H3,(H2,17,19). The maximum Gasteiger partial charge on any atom is 0.123 e. The van der Waals surface area contributed by atoms with Crippen LogP contribution in [0.15, 0.2) is 42.5 Å². The lowest BCUT2D eigenvalue weighted by molar-refractivity contribution is 0.626. The summed E-state index contributed by atoms with van der Waals surface area (Å²) in [6.07, 6.45) is 0. The van der Waals surface area contributed by atoms with Gasteiger partial charge in [-0.2, -0.15) is 0 Å². The van der Waals surface area contributed by atoms with Gasteiger partial charge in [0, 0.05) is 17.8 Å². The van der Waals surface area contributed by atoms with Gasteiger partial charge in [-0.15, -0.1) is 0 Å². The number of anilines is 1. The number of nitrogens with two attached hydrogens (primary N) is 1. The molecule has 0 saturated heterocycles. The third-order valence-corrected chi connectivity index (χ3v) is 3.03. The molecule has 0 heterocycles. The van der Waals surface area contributed by atoms with Gasteiger partial charge in [-0.25, -0.2) is 4.39 Å². The molecule has 0 bridgehead atoms. The monoisotopic (exact) mass is 274 g/mol. The molecule has 0 radical (unpaired) electrons. The summed E-state index contributed by atoms with van der Waals surface area (Å²) in [4.78, 5) is 0.352. The maximum absolute atomic E-state index is 13.1. The van der Waals surface area contributed by atoms with Gasteiger partial charge >= 0.3 is 0 Å². The Kier molecular flexibility index (Phi) is 4.12. The van der Waals surface area contributed by atoms with Crippen LogP contribution in [0.3, 0.4) is 0 Å². The van der Waals surface area contributed by atoms with E-state index in [1.807, 2.05) is 31.2 Å². The number of halogens is 1. The molecule has 0 saturated carbocycles. The van der Waals surface area contributed by atoms with Crippen LogP contribution >= 0.6 is 12.2 Å². The number of hydrogen-bond acceptors (Lipinski definition) is 2. The quantitative estimate of drug-likeness (QED) is 0.839. The lowest BCUT2D eigenvalue weighted by Gasteiger charge is -2.12. The van der Waals surface area contributed by atoms with E-state index in [0.717, 1.165) is 22.4 Å². The second kappa shape index (κ2) is 5.80. The fourth-order valence-electron chi connectivity index (χ4n) is 1.86. The van der Waals surface area contributed by atoms with E-state index in [9.17, 15) is 4.39 Å². The molecule has 0 aliphatic rings. The molecular formula is C15H15FN2S. The van der Waals surface area contributed by atoms with E-state index in [2.05, 4.69) is 5.32 Å². The average Bonchev–Trinajstić information content (AvgIpc) is 2.37. The van der Waals surface area contributed by atoms with Crippen LogP contribution in [0.2, 0.25) is 0 Å². The van der Waals surface area contributed by atoms with Crippen LogP contribution in [-0.4, -0.2) is 4.99 Å². The molecule has 2 rings (SSSR count). The van der Waals surface area contributed by atoms with Crippen molar-refractivity contribution >= 4 is 22.9 Å². The van der Waals surface area contributed by atoms with E-state index in [-0.39, 0.29) is 5.82 Å². The Bertz CT molecular complexity index is 611. The third kappa shape index (κ3) is 3.51. The summed E-state index contributed by atoms with van der Waals surface area (Å²) in [5.41, 5.74) is 9.35. The van der Waals surface area contributed by atoms with Crippen LogP contribution in [0.4, 0.5) is 10.1 Å². The first-order valence-electron chi connectivity index (χ1n) is 5.95. The molecular weight excluding hydrogens is 259 g/mol. The number of rotatable bonds is 4. The van der Waals surface area contributed by atoms with Crippen molar-refractivity contribution in [1.82, 2.24) is 0 Å². The molecule has 0 aromatic heterocycles. The molecule has 0 unspecified atom stereocenters. The van der Waals surface area contributed by atoms with Crippen molar-refractivity contribution in [2.24, 2.45) is 5.73 Å². The molecule has 4 heteroatoms. The number of hydrogen-bond donors (Lipinski definition) is 2. The predicted molar refractivity (Wildman–Crippen MR) is 80.8 cm³/mol. The van der Waals surface area contributed by atoms with Crippen molar-refractivity contribution in [3.05, 3.63) is 65.0 Å². The van der Waals surface area contributed by atoms with Crippen LogP contribution in [0.25, 0.3) is 0 Å². The van der Waals surface area contributed by atoms with E-state index in [4.69, 9.17) is 18.0 Å². The second-order valence-corrected chi connectivity index (χ2v) is 4.84. The third-order valence-electron chi connectivity index (χ3n) is 2.81. The van der Waals surface area contributed by atoms with E-state index < -0.39 is 0 Å². The van der Waals surface area contributed by atoms with Gasteiger partial charge in [0.25, 0.3) is 0 Å². The second-order valence-electron chi connectivity index (χ2n) is 4.40. The van der Waals surface area contributed by atoms with Crippen molar-refractivity contribution in [3.8, 4) is 0 Å². The average molecular weight is 274 g/mol. The van der Waals surface area contributed by atoms with Gasteiger partial charge in [0.15, 0.2) is 0 Å². The zero-order valence-electron chi connectivity index (χ0n) is 10.6. The summed E-state index contributed by atoms with van der Waals surface area (Å²) in [7, 11) is 0. The Morgan fingerprint density at radius 2 is 2.05 bits per heavy atom. The minimum atomic E-state index is -0.238. The van der Waals surface area contributed by atoms with Crippen molar-refractivity contribution < 1.29 is 4.39 Å². The van der Waals surface area contributed by atoms with Gasteiger partial charge in [0.2, 0.25) is 0 Å². The minimum absolute atomic E-state index is 0.238. The Morgan fingerprint density at radius 1 is 1.26 bits per heavy atom. The SMILES string of the molecule is Cc1ccc(NCc2cccc(F)c2)c(C(N)=S)c1. The van der Waals surface area contributed by atoms with Gasteiger partial charge in [0.05, 0.1) is 0 Å². The highest BCUT2D eigenvalue weighted by Gasteiger charge is 2.05. The summed E-state index contributed by atoms with van der Waals surface area (Å²) in [5, 5.41) is 3.23. The van der Waals surface area contributed by atoms with E-state index in [0.29, 0.717) is 11.5 Å². The molecule has 2 nitrogen and oxygen atoms in total. The highest BCUT2D eigenvalue weighted by atomic mass is 32.1. The Balaban J connectivity index is 2.17. The largest absolute Gasteiger partial charge is 0.389 e. The van der Waals surface area contributed by atoms with Crippen LogP contribution in [0.5, 0.6) is 0 Å². The summed E-state index contributed by atoms with van der Waals surface area (Å²) in [5.74, 6) is -0.238. The molecule has 0 fully saturated rings. The Morgan fingerprint density at radius 3 is 2.74 bits per heavy atom. The number of nitrogens with one attached hydrogen (secondary N) is 1. The van der Waals surface area contributed by atoms with Gasteiger partial charge in [-0.05, 0) is 36.8 Å². The fourth-order valence-corrected chi connectivity index (χ4v) is 2.03. The van der Waals surface area contributed by atoms with E-state index in [1.165, 1.54) is 12.1 Å². The smallest absolute Gasteiger partial charge is 0.123 e. The Hall–Kier alpha value is -1.94. The fraction of sp³-hybridized carbons (Fsp3) is 0.133. The summed E-state index contributed by atoms with van der Waals surface area (Å²) in [6, 6.07) is 12.3. The highest BCUT2D eigenvalue weighted by molar-refractivity contribution is 7.80. The molecule has 0 amide bonds. The van der Waals surface area contributed by atoms with Crippen molar-refractivity contribution in [2.75, 3.05) is 5.32 Å². The van der Waals surface area contributed by atoms with Gasteiger partial charge in [-0.3, -0.25) is 0 Å².